The van der Waals surface area contributed by atoms with E-state index in [4.69, 9.17) is 4.74 Å². The first-order valence-corrected chi connectivity index (χ1v) is 7.39. The van der Waals surface area contributed by atoms with E-state index in [0.717, 1.165) is 42.2 Å². The van der Waals surface area contributed by atoms with Crippen LogP contribution in [0.15, 0.2) is 24.5 Å². The second kappa shape index (κ2) is 7.69. The average molecular weight is 286 g/mol. The Morgan fingerprint density at radius 3 is 2.76 bits per heavy atom. The molecule has 0 aliphatic rings. The zero-order chi connectivity index (χ0) is 15.1. The van der Waals surface area contributed by atoms with Gasteiger partial charge in [-0.1, -0.05) is 13.8 Å². The Morgan fingerprint density at radius 1 is 1.14 bits per heavy atom. The maximum atomic E-state index is 5.84. The highest BCUT2D eigenvalue weighted by molar-refractivity contribution is 5.32. The smallest absolute Gasteiger partial charge is 0.238 e. The summed E-state index contributed by atoms with van der Waals surface area (Å²) in [4.78, 5) is 13.1. The molecule has 0 spiro atoms. The first kappa shape index (κ1) is 15.4. The van der Waals surface area contributed by atoms with Gasteiger partial charge in [0.2, 0.25) is 5.88 Å². The van der Waals surface area contributed by atoms with E-state index in [1.807, 2.05) is 19.1 Å². The normalized spacial score (nSPS) is 10.6. The summed E-state index contributed by atoms with van der Waals surface area (Å²) in [6, 6.07) is 3.87. The minimum atomic E-state index is 0.506. The van der Waals surface area contributed by atoms with E-state index >= 15 is 0 Å². The third-order valence-corrected chi connectivity index (χ3v) is 3.02. The molecule has 2 rings (SSSR count). The van der Waals surface area contributed by atoms with Crippen molar-refractivity contribution in [2.75, 3.05) is 6.54 Å². The summed E-state index contributed by atoms with van der Waals surface area (Å²) in [6.07, 6.45) is 5.30. The number of aromatic nitrogens is 3. The summed E-state index contributed by atoms with van der Waals surface area (Å²) in [6.45, 7) is 7.84. The lowest BCUT2D eigenvalue weighted by Gasteiger charge is -2.10. The van der Waals surface area contributed by atoms with Crippen LogP contribution in [0.5, 0.6) is 11.6 Å². The van der Waals surface area contributed by atoms with Crippen LogP contribution < -0.4 is 10.1 Å². The molecule has 0 saturated carbocycles. The molecule has 0 atom stereocenters. The number of nitrogens with zero attached hydrogens (tertiary/aromatic N) is 3. The van der Waals surface area contributed by atoms with Gasteiger partial charge in [0.15, 0.2) is 5.75 Å². The van der Waals surface area contributed by atoms with Gasteiger partial charge in [0.1, 0.15) is 0 Å². The van der Waals surface area contributed by atoms with Gasteiger partial charge in [-0.25, -0.2) is 4.98 Å². The molecule has 0 amide bonds. The van der Waals surface area contributed by atoms with Gasteiger partial charge in [0, 0.05) is 18.4 Å². The zero-order valence-electron chi connectivity index (χ0n) is 12.9. The first-order chi connectivity index (χ1) is 10.2. The Kier molecular flexibility index (Phi) is 5.63. The third-order valence-electron chi connectivity index (χ3n) is 3.02. The van der Waals surface area contributed by atoms with E-state index < -0.39 is 0 Å². The van der Waals surface area contributed by atoms with Crippen molar-refractivity contribution in [3.8, 4) is 11.6 Å². The van der Waals surface area contributed by atoms with Crippen molar-refractivity contribution in [2.24, 2.45) is 0 Å². The number of hydrogen-bond acceptors (Lipinski definition) is 5. The lowest BCUT2D eigenvalue weighted by atomic mass is 10.2. The molecule has 0 aliphatic carbocycles. The summed E-state index contributed by atoms with van der Waals surface area (Å²) >= 11 is 0. The van der Waals surface area contributed by atoms with E-state index in [1.165, 1.54) is 0 Å². The molecular formula is C16H22N4O. The van der Waals surface area contributed by atoms with Crippen LogP contribution in [0.3, 0.4) is 0 Å². The van der Waals surface area contributed by atoms with Gasteiger partial charge in [-0.15, -0.1) is 0 Å². The Bertz CT molecular complexity index is 586. The molecule has 0 fully saturated rings. The molecule has 2 aromatic rings. The van der Waals surface area contributed by atoms with E-state index in [-0.39, 0.29) is 0 Å². The number of rotatable bonds is 7. The van der Waals surface area contributed by atoms with Crippen molar-refractivity contribution in [2.45, 2.75) is 40.2 Å². The highest BCUT2D eigenvalue weighted by atomic mass is 16.5. The SMILES string of the molecule is CCCNCc1cncc(Oc2ccc(C)nc2CC)n1. The molecule has 0 saturated heterocycles. The second-order valence-electron chi connectivity index (χ2n) is 4.88. The zero-order valence-corrected chi connectivity index (χ0v) is 12.9. The molecule has 1 N–H and O–H groups in total. The quantitative estimate of drug-likeness (QED) is 0.793. The van der Waals surface area contributed by atoms with Gasteiger partial charge in [0.25, 0.3) is 0 Å². The van der Waals surface area contributed by atoms with Crippen LogP contribution in [0.1, 0.15) is 37.4 Å². The lowest BCUT2D eigenvalue weighted by Crippen LogP contribution is -2.15. The molecular weight excluding hydrogens is 264 g/mol. The summed E-state index contributed by atoms with van der Waals surface area (Å²) in [5, 5.41) is 3.30. The van der Waals surface area contributed by atoms with Crippen LogP contribution in [0.25, 0.3) is 0 Å². The summed E-state index contributed by atoms with van der Waals surface area (Å²) < 4.78 is 5.84. The number of pyridine rings is 1. The van der Waals surface area contributed by atoms with E-state index in [2.05, 4.69) is 34.1 Å². The maximum Gasteiger partial charge on any atom is 0.238 e. The molecule has 0 bridgehead atoms. The van der Waals surface area contributed by atoms with Crippen LogP contribution in [-0.4, -0.2) is 21.5 Å². The molecule has 2 heterocycles. The largest absolute Gasteiger partial charge is 0.436 e. The molecule has 0 unspecified atom stereocenters. The van der Waals surface area contributed by atoms with Crippen LogP contribution in [0.2, 0.25) is 0 Å². The molecule has 5 heteroatoms. The molecule has 112 valence electrons. The van der Waals surface area contributed by atoms with E-state index in [0.29, 0.717) is 12.4 Å². The van der Waals surface area contributed by atoms with Gasteiger partial charge >= 0.3 is 0 Å². The predicted molar refractivity (Wildman–Crippen MR) is 82.5 cm³/mol. The van der Waals surface area contributed by atoms with Crippen LogP contribution in [-0.2, 0) is 13.0 Å². The molecule has 0 radical (unpaired) electrons. The fourth-order valence-electron chi connectivity index (χ4n) is 1.97. The van der Waals surface area contributed by atoms with Gasteiger partial charge in [-0.05, 0) is 38.4 Å². The second-order valence-corrected chi connectivity index (χ2v) is 4.88. The Morgan fingerprint density at radius 2 is 2.00 bits per heavy atom. The fourth-order valence-corrected chi connectivity index (χ4v) is 1.97. The molecule has 5 nitrogen and oxygen atoms in total. The first-order valence-electron chi connectivity index (χ1n) is 7.39. The van der Waals surface area contributed by atoms with Crippen molar-refractivity contribution in [3.05, 3.63) is 41.6 Å². The minimum Gasteiger partial charge on any atom is -0.436 e. The fraction of sp³-hybridized carbons (Fsp3) is 0.438. The topological polar surface area (TPSA) is 59.9 Å². The Labute approximate surface area is 125 Å². The van der Waals surface area contributed by atoms with Crippen LogP contribution in [0.4, 0.5) is 0 Å². The van der Waals surface area contributed by atoms with Crippen LogP contribution >= 0.6 is 0 Å². The van der Waals surface area contributed by atoms with Gasteiger partial charge in [-0.2, -0.15) is 0 Å². The summed E-state index contributed by atoms with van der Waals surface area (Å²) in [5.41, 5.74) is 2.80. The minimum absolute atomic E-state index is 0.506. The number of aryl methyl sites for hydroxylation is 2. The van der Waals surface area contributed by atoms with Crippen molar-refractivity contribution < 1.29 is 4.74 Å². The number of hydrogen-bond donors (Lipinski definition) is 1. The number of ether oxygens (including phenoxy) is 1. The van der Waals surface area contributed by atoms with Crippen molar-refractivity contribution in [1.29, 1.82) is 0 Å². The van der Waals surface area contributed by atoms with Gasteiger partial charge in [-0.3, -0.25) is 9.97 Å². The molecule has 0 aromatic carbocycles. The highest BCUT2D eigenvalue weighted by Crippen LogP contribution is 2.23. The highest BCUT2D eigenvalue weighted by Gasteiger charge is 2.07. The summed E-state index contributed by atoms with van der Waals surface area (Å²) in [7, 11) is 0. The Balaban J connectivity index is 2.10. The number of nitrogens with one attached hydrogen (secondary N) is 1. The summed E-state index contributed by atoms with van der Waals surface area (Å²) in [5.74, 6) is 1.25. The standard InChI is InChI=1S/C16H22N4O/c1-4-8-17-9-13-10-18-11-16(20-13)21-15-7-6-12(3)19-14(15)5-2/h6-7,10-11,17H,4-5,8-9H2,1-3H3. The lowest BCUT2D eigenvalue weighted by molar-refractivity contribution is 0.448. The average Bonchev–Trinajstić information content (AvgIpc) is 2.50. The predicted octanol–water partition coefficient (Wildman–Crippen LogP) is 3.03. The van der Waals surface area contributed by atoms with Crippen LogP contribution in [0, 0.1) is 6.92 Å². The Hall–Kier alpha value is -2.01. The van der Waals surface area contributed by atoms with E-state index in [1.54, 1.807) is 12.4 Å². The van der Waals surface area contributed by atoms with Crippen molar-refractivity contribution in [3.63, 3.8) is 0 Å². The van der Waals surface area contributed by atoms with Gasteiger partial charge < -0.3 is 10.1 Å². The van der Waals surface area contributed by atoms with Crippen molar-refractivity contribution >= 4 is 0 Å². The molecule has 2 aromatic heterocycles. The third kappa shape index (κ3) is 4.49. The van der Waals surface area contributed by atoms with E-state index in [9.17, 15) is 0 Å². The monoisotopic (exact) mass is 286 g/mol. The molecule has 0 aliphatic heterocycles. The molecule has 21 heavy (non-hydrogen) atoms. The van der Waals surface area contributed by atoms with Crippen molar-refractivity contribution in [1.82, 2.24) is 20.3 Å². The van der Waals surface area contributed by atoms with Gasteiger partial charge in [0.05, 0.1) is 17.6 Å². The maximum absolute atomic E-state index is 5.84.